The number of fused-ring (bicyclic) bond motifs is 1. The molecule has 5 aromatic rings. The molecule has 0 aromatic heterocycles. The van der Waals surface area contributed by atoms with E-state index in [0.717, 1.165) is 10.5 Å². The van der Waals surface area contributed by atoms with Crippen LogP contribution in [0.2, 0.25) is 0 Å². The Bertz CT molecular complexity index is 2020. The predicted molar refractivity (Wildman–Crippen MR) is 193 cm³/mol. The number of benzene rings is 5. The Morgan fingerprint density at radius 2 is 1.44 bits per heavy atom. The number of nitrogens with one attached hydrogen (secondary N) is 3. The maximum Gasteiger partial charge on any atom is 0.272 e. The highest BCUT2D eigenvalue weighted by molar-refractivity contribution is 8.00. The molecule has 252 valence electrons. The summed E-state index contributed by atoms with van der Waals surface area (Å²) in [6.07, 6.45) is 1.54. The van der Waals surface area contributed by atoms with Crippen LogP contribution in [0, 0.1) is 0 Å². The van der Waals surface area contributed by atoms with E-state index in [1.807, 2.05) is 42.5 Å². The molecule has 1 aliphatic rings. The molecule has 0 fully saturated rings. The molecular weight excluding hydrogens is 655 g/mol. The van der Waals surface area contributed by atoms with E-state index in [4.69, 9.17) is 18.9 Å². The van der Waals surface area contributed by atoms with Gasteiger partial charge in [-0.2, -0.15) is 0 Å². The van der Waals surface area contributed by atoms with Crippen LogP contribution in [-0.4, -0.2) is 38.7 Å². The number of ether oxygens (including phenoxy) is 4. The van der Waals surface area contributed by atoms with E-state index in [1.54, 1.807) is 92.0 Å². The van der Waals surface area contributed by atoms with Crippen LogP contribution in [0.3, 0.4) is 0 Å². The second-order valence-electron chi connectivity index (χ2n) is 10.9. The van der Waals surface area contributed by atoms with Crippen molar-refractivity contribution >= 4 is 46.9 Å². The Labute approximate surface area is 293 Å². The highest BCUT2D eigenvalue weighted by atomic mass is 32.2. The highest BCUT2D eigenvalue weighted by Gasteiger charge is 2.24. The first kappa shape index (κ1) is 33.7. The molecule has 1 unspecified atom stereocenters. The number of carbonyl (C=O) groups excluding carboxylic acids is 3. The Morgan fingerprint density at radius 1 is 0.740 bits per heavy atom. The third kappa shape index (κ3) is 8.26. The fourth-order valence-corrected chi connectivity index (χ4v) is 6.09. The molecule has 0 saturated carbocycles. The molecule has 0 spiro atoms. The van der Waals surface area contributed by atoms with Crippen molar-refractivity contribution in [3.05, 3.63) is 144 Å². The van der Waals surface area contributed by atoms with E-state index >= 15 is 0 Å². The van der Waals surface area contributed by atoms with Gasteiger partial charge < -0.3 is 34.9 Å². The van der Waals surface area contributed by atoms with Gasteiger partial charge in [-0.1, -0.05) is 48.5 Å². The number of amides is 3. The zero-order valence-electron chi connectivity index (χ0n) is 27.2. The first-order valence-corrected chi connectivity index (χ1v) is 16.4. The van der Waals surface area contributed by atoms with Crippen LogP contribution in [0.15, 0.2) is 132 Å². The van der Waals surface area contributed by atoms with Gasteiger partial charge in [0.2, 0.25) is 12.7 Å². The lowest BCUT2D eigenvalue weighted by Gasteiger charge is -2.18. The monoisotopic (exact) mass is 687 g/mol. The molecule has 1 atom stereocenters. The third-order valence-corrected chi connectivity index (χ3v) is 8.88. The van der Waals surface area contributed by atoms with Crippen molar-refractivity contribution in [2.75, 3.05) is 31.6 Å². The van der Waals surface area contributed by atoms with Crippen molar-refractivity contribution in [1.82, 2.24) is 5.32 Å². The molecule has 50 heavy (non-hydrogen) atoms. The third-order valence-electron chi connectivity index (χ3n) is 7.62. The second kappa shape index (κ2) is 15.8. The molecule has 3 amide bonds. The summed E-state index contributed by atoms with van der Waals surface area (Å²) in [6.45, 7) is 0.142. The van der Waals surface area contributed by atoms with Gasteiger partial charge in [-0.3, -0.25) is 14.4 Å². The van der Waals surface area contributed by atoms with Crippen LogP contribution in [0.4, 0.5) is 11.4 Å². The molecule has 1 aliphatic heterocycles. The number of rotatable bonds is 12. The SMILES string of the molecule is COc1ccc(/C=C(\NC(=O)c2ccccc2)C(=O)Nc2ccc(SC(C(=O)Nc3ccc4c(c3)OCO4)c3ccccc3)cc2)c(OC)c1. The lowest BCUT2D eigenvalue weighted by atomic mass is 10.1. The molecule has 11 heteroatoms. The van der Waals surface area contributed by atoms with Gasteiger partial charge in [0.05, 0.1) is 14.2 Å². The summed E-state index contributed by atoms with van der Waals surface area (Å²) in [7, 11) is 3.06. The van der Waals surface area contributed by atoms with E-state index in [0.29, 0.717) is 45.5 Å². The smallest absolute Gasteiger partial charge is 0.272 e. The van der Waals surface area contributed by atoms with Gasteiger partial charge in [0.15, 0.2) is 11.5 Å². The van der Waals surface area contributed by atoms with Gasteiger partial charge in [0.25, 0.3) is 11.8 Å². The number of thioether (sulfide) groups is 1. The topological polar surface area (TPSA) is 124 Å². The van der Waals surface area contributed by atoms with Crippen LogP contribution in [0.1, 0.15) is 26.7 Å². The molecule has 10 nitrogen and oxygen atoms in total. The number of anilines is 2. The van der Waals surface area contributed by atoms with Gasteiger partial charge in [0, 0.05) is 39.5 Å². The Morgan fingerprint density at radius 3 is 2.16 bits per heavy atom. The van der Waals surface area contributed by atoms with Crippen molar-refractivity contribution in [2.45, 2.75) is 10.1 Å². The number of methoxy groups -OCH3 is 2. The van der Waals surface area contributed by atoms with Crippen molar-refractivity contribution in [3.63, 3.8) is 0 Å². The van der Waals surface area contributed by atoms with Crippen LogP contribution in [0.25, 0.3) is 6.08 Å². The van der Waals surface area contributed by atoms with Crippen LogP contribution in [0.5, 0.6) is 23.0 Å². The second-order valence-corrected chi connectivity index (χ2v) is 12.1. The summed E-state index contributed by atoms with van der Waals surface area (Å²) in [6, 6.07) is 35.6. The lowest BCUT2D eigenvalue weighted by Crippen LogP contribution is -2.30. The Kier molecular flexibility index (Phi) is 10.6. The molecule has 0 aliphatic carbocycles. The summed E-state index contributed by atoms with van der Waals surface area (Å²) in [5.74, 6) is 1.04. The van der Waals surface area contributed by atoms with Crippen molar-refractivity contribution < 1.29 is 33.3 Å². The standard InChI is InChI=1S/C39H33N3O7S/c1-46-30-17-13-27(34(23-30)47-2)21-32(42-37(43)26-11-7-4-8-12-26)38(44)40-28-14-18-31(19-15-28)50-36(25-9-5-3-6-10-25)39(45)41-29-16-20-33-35(22-29)49-24-48-33/h3-23,36H,24H2,1-2H3,(H,40,44)(H,41,45)(H,42,43)/b32-21-. The molecule has 0 bridgehead atoms. The van der Waals surface area contributed by atoms with Crippen molar-refractivity contribution in [3.8, 4) is 23.0 Å². The number of hydrogen-bond acceptors (Lipinski definition) is 8. The maximum atomic E-state index is 13.7. The molecular formula is C39H33N3O7S. The molecule has 0 saturated heterocycles. The van der Waals surface area contributed by atoms with E-state index in [9.17, 15) is 14.4 Å². The van der Waals surface area contributed by atoms with Crippen molar-refractivity contribution in [2.24, 2.45) is 0 Å². The van der Waals surface area contributed by atoms with E-state index in [2.05, 4.69) is 16.0 Å². The van der Waals surface area contributed by atoms with Gasteiger partial charge in [-0.25, -0.2) is 0 Å². The van der Waals surface area contributed by atoms with E-state index in [1.165, 1.54) is 18.9 Å². The zero-order valence-corrected chi connectivity index (χ0v) is 28.0. The van der Waals surface area contributed by atoms with Crippen LogP contribution >= 0.6 is 11.8 Å². The van der Waals surface area contributed by atoms with Gasteiger partial charge >= 0.3 is 0 Å². The van der Waals surface area contributed by atoms with Crippen molar-refractivity contribution in [1.29, 1.82) is 0 Å². The first-order valence-electron chi connectivity index (χ1n) is 15.5. The number of carbonyl (C=O) groups is 3. The van der Waals surface area contributed by atoms with Crippen LogP contribution < -0.4 is 34.9 Å². The largest absolute Gasteiger partial charge is 0.497 e. The summed E-state index contributed by atoms with van der Waals surface area (Å²) < 4.78 is 21.6. The van der Waals surface area contributed by atoms with Gasteiger partial charge in [-0.15, -0.1) is 11.8 Å². The van der Waals surface area contributed by atoms with E-state index < -0.39 is 17.1 Å². The summed E-state index contributed by atoms with van der Waals surface area (Å²) in [5, 5.41) is 8.03. The normalized spacial score (nSPS) is 12.4. The minimum Gasteiger partial charge on any atom is -0.497 e. The fourth-order valence-electron chi connectivity index (χ4n) is 5.07. The zero-order chi connectivity index (χ0) is 34.9. The minimum atomic E-state index is -0.579. The minimum absolute atomic E-state index is 0.00472. The lowest BCUT2D eigenvalue weighted by molar-refractivity contribution is -0.116. The first-order chi connectivity index (χ1) is 24.4. The average molecular weight is 688 g/mol. The summed E-state index contributed by atoms with van der Waals surface area (Å²) >= 11 is 1.37. The average Bonchev–Trinajstić information content (AvgIpc) is 3.63. The molecule has 3 N–H and O–H groups in total. The van der Waals surface area contributed by atoms with E-state index in [-0.39, 0.29) is 18.4 Å². The predicted octanol–water partition coefficient (Wildman–Crippen LogP) is 7.31. The summed E-state index contributed by atoms with van der Waals surface area (Å²) in [4.78, 5) is 41.2. The molecule has 6 rings (SSSR count). The van der Waals surface area contributed by atoms with Gasteiger partial charge in [-0.05, 0) is 72.3 Å². The molecule has 5 aromatic carbocycles. The Balaban J connectivity index is 1.20. The maximum absolute atomic E-state index is 13.7. The van der Waals surface area contributed by atoms with Crippen LogP contribution in [-0.2, 0) is 9.59 Å². The summed E-state index contributed by atoms with van der Waals surface area (Å²) in [5.41, 5.74) is 2.86. The fraction of sp³-hybridized carbons (Fsp3) is 0.103. The molecule has 0 radical (unpaired) electrons. The van der Waals surface area contributed by atoms with Gasteiger partial charge in [0.1, 0.15) is 22.4 Å². The number of hydrogen-bond donors (Lipinski definition) is 3. The molecule has 1 heterocycles. The highest BCUT2D eigenvalue weighted by Crippen LogP contribution is 2.38. The quantitative estimate of drug-likeness (QED) is 0.0922. The Hall–Kier alpha value is -6.20.